The van der Waals surface area contributed by atoms with Crippen LogP contribution in [-0.4, -0.2) is 22.7 Å². The van der Waals surface area contributed by atoms with Gasteiger partial charge in [-0.25, -0.2) is 0 Å². The molecule has 3 heteroatoms. The number of hydrogen-bond donors (Lipinski definition) is 3. The zero-order valence-electron chi connectivity index (χ0n) is 11.3. The van der Waals surface area contributed by atoms with Gasteiger partial charge in [-0.05, 0) is 43.5 Å². The number of aromatic nitrogens is 1. The fraction of sp³-hybridized carbons (Fsp3) is 0.500. The van der Waals surface area contributed by atoms with Crippen LogP contribution in [0.2, 0.25) is 0 Å². The Balaban J connectivity index is 1.62. The molecule has 2 aromatic rings. The fourth-order valence-corrected chi connectivity index (χ4v) is 3.15. The Morgan fingerprint density at radius 3 is 2.89 bits per heavy atom. The van der Waals surface area contributed by atoms with Crippen LogP contribution in [-0.2, 0) is 6.42 Å². The Labute approximate surface area is 114 Å². The smallest absolute Gasteiger partial charge is 0.125 e. The van der Waals surface area contributed by atoms with Gasteiger partial charge in [0, 0.05) is 23.1 Å². The zero-order chi connectivity index (χ0) is 13.1. The van der Waals surface area contributed by atoms with Crippen LogP contribution in [0.1, 0.15) is 37.7 Å². The average molecular weight is 258 g/mol. The van der Waals surface area contributed by atoms with E-state index < -0.39 is 0 Å². The van der Waals surface area contributed by atoms with E-state index in [4.69, 9.17) is 0 Å². The van der Waals surface area contributed by atoms with Gasteiger partial charge in [-0.1, -0.05) is 25.3 Å². The van der Waals surface area contributed by atoms with Gasteiger partial charge >= 0.3 is 0 Å². The summed E-state index contributed by atoms with van der Waals surface area (Å²) in [6.07, 6.45) is 9.75. The molecular weight excluding hydrogens is 236 g/mol. The standard InChI is InChI=1S/C16H22N2O/c19-15-8-4-7-14-16(15)12(11-18-14)9-10-17-13-5-2-1-3-6-13/h4,7-8,11,13,17-19H,1-3,5-6,9-10H2. The monoisotopic (exact) mass is 258 g/mol. The van der Waals surface area contributed by atoms with Gasteiger partial charge in [-0.15, -0.1) is 0 Å². The summed E-state index contributed by atoms with van der Waals surface area (Å²) in [6, 6.07) is 6.34. The molecule has 0 atom stereocenters. The lowest BCUT2D eigenvalue weighted by atomic mass is 9.95. The molecule has 3 N–H and O–H groups in total. The Hall–Kier alpha value is -1.48. The third-order valence-corrected chi connectivity index (χ3v) is 4.20. The molecule has 1 aromatic carbocycles. The van der Waals surface area contributed by atoms with Gasteiger partial charge in [0.15, 0.2) is 0 Å². The van der Waals surface area contributed by atoms with E-state index >= 15 is 0 Å². The summed E-state index contributed by atoms with van der Waals surface area (Å²) >= 11 is 0. The van der Waals surface area contributed by atoms with Crippen molar-refractivity contribution in [3.8, 4) is 5.75 Å². The molecule has 19 heavy (non-hydrogen) atoms. The first-order valence-electron chi connectivity index (χ1n) is 7.36. The zero-order valence-corrected chi connectivity index (χ0v) is 11.3. The molecule has 0 unspecified atom stereocenters. The van der Waals surface area contributed by atoms with Crippen LogP contribution in [0.5, 0.6) is 5.75 Å². The number of nitrogens with one attached hydrogen (secondary N) is 2. The summed E-state index contributed by atoms with van der Waals surface area (Å²) in [5.74, 6) is 0.381. The molecule has 0 radical (unpaired) electrons. The maximum Gasteiger partial charge on any atom is 0.125 e. The molecule has 1 heterocycles. The predicted octanol–water partition coefficient (Wildman–Crippen LogP) is 3.34. The van der Waals surface area contributed by atoms with Crippen LogP contribution >= 0.6 is 0 Å². The number of fused-ring (bicyclic) bond motifs is 1. The average Bonchev–Trinajstić information content (AvgIpc) is 2.85. The number of rotatable bonds is 4. The summed E-state index contributed by atoms with van der Waals surface area (Å²) < 4.78 is 0. The number of phenolic OH excluding ortho intramolecular Hbond substituents is 1. The molecule has 0 aliphatic heterocycles. The molecule has 3 nitrogen and oxygen atoms in total. The number of H-pyrrole nitrogens is 1. The first-order chi connectivity index (χ1) is 9.34. The summed E-state index contributed by atoms with van der Waals surface area (Å²) in [7, 11) is 0. The van der Waals surface area contributed by atoms with E-state index in [1.165, 1.54) is 37.7 Å². The molecule has 1 aliphatic rings. The van der Waals surface area contributed by atoms with Crippen molar-refractivity contribution < 1.29 is 5.11 Å². The minimum Gasteiger partial charge on any atom is -0.507 e. The summed E-state index contributed by atoms with van der Waals surface area (Å²) in [5.41, 5.74) is 2.23. The van der Waals surface area contributed by atoms with Crippen LogP contribution in [0, 0.1) is 0 Å². The fourth-order valence-electron chi connectivity index (χ4n) is 3.15. The summed E-state index contributed by atoms with van der Waals surface area (Å²) in [6.45, 7) is 0.992. The van der Waals surface area contributed by atoms with Crippen LogP contribution in [0.15, 0.2) is 24.4 Å². The molecule has 3 rings (SSSR count). The molecule has 0 bridgehead atoms. The van der Waals surface area contributed by atoms with Crippen LogP contribution in [0.3, 0.4) is 0 Å². The molecule has 1 aliphatic carbocycles. The van der Waals surface area contributed by atoms with E-state index in [0.29, 0.717) is 11.8 Å². The van der Waals surface area contributed by atoms with Crippen molar-refractivity contribution in [3.05, 3.63) is 30.0 Å². The van der Waals surface area contributed by atoms with E-state index in [-0.39, 0.29) is 0 Å². The molecule has 0 saturated heterocycles. The van der Waals surface area contributed by atoms with Crippen LogP contribution in [0.4, 0.5) is 0 Å². The van der Waals surface area contributed by atoms with Crippen molar-refractivity contribution in [3.63, 3.8) is 0 Å². The van der Waals surface area contributed by atoms with Crippen molar-refractivity contribution in [2.75, 3.05) is 6.54 Å². The molecule has 1 saturated carbocycles. The highest BCUT2D eigenvalue weighted by molar-refractivity contribution is 5.88. The van der Waals surface area contributed by atoms with Crippen molar-refractivity contribution in [2.45, 2.75) is 44.6 Å². The molecule has 1 fully saturated rings. The quantitative estimate of drug-likeness (QED) is 0.787. The van der Waals surface area contributed by atoms with Gasteiger partial charge < -0.3 is 15.4 Å². The Morgan fingerprint density at radius 2 is 2.05 bits per heavy atom. The molecule has 0 amide bonds. The van der Waals surface area contributed by atoms with Crippen LogP contribution < -0.4 is 5.32 Å². The van der Waals surface area contributed by atoms with Gasteiger partial charge in [0.2, 0.25) is 0 Å². The van der Waals surface area contributed by atoms with Crippen molar-refractivity contribution in [1.82, 2.24) is 10.3 Å². The van der Waals surface area contributed by atoms with E-state index in [9.17, 15) is 5.11 Å². The number of aromatic amines is 1. The maximum absolute atomic E-state index is 9.95. The van der Waals surface area contributed by atoms with Gasteiger partial charge in [0.25, 0.3) is 0 Å². The third-order valence-electron chi connectivity index (χ3n) is 4.20. The van der Waals surface area contributed by atoms with Gasteiger partial charge in [0.1, 0.15) is 5.75 Å². The molecule has 102 valence electrons. The largest absolute Gasteiger partial charge is 0.507 e. The number of hydrogen-bond acceptors (Lipinski definition) is 2. The highest BCUT2D eigenvalue weighted by atomic mass is 16.3. The Bertz CT molecular complexity index is 541. The third kappa shape index (κ3) is 2.76. The summed E-state index contributed by atoms with van der Waals surface area (Å²) in [4.78, 5) is 3.23. The first-order valence-corrected chi connectivity index (χ1v) is 7.36. The Kier molecular flexibility index (Phi) is 3.74. The van der Waals surface area contributed by atoms with E-state index in [2.05, 4.69) is 10.3 Å². The van der Waals surface area contributed by atoms with Gasteiger partial charge in [0.05, 0.1) is 0 Å². The second-order valence-corrected chi connectivity index (χ2v) is 5.55. The lowest BCUT2D eigenvalue weighted by Gasteiger charge is -2.22. The highest BCUT2D eigenvalue weighted by Crippen LogP contribution is 2.27. The van der Waals surface area contributed by atoms with Gasteiger partial charge in [-0.2, -0.15) is 0 Å². The van der Waals surface area contributed by atoms with Crippen molar-refractivity contribution in [2.24, 2.45) is 0 Å². The van der Waals surface area contributed by atoms with E-state index in [1.54, 1.807) is 6.07 Å². The number of aromatic hydroxyl groups is 1. The van der Waals surface area contributed by atoms with E-state index in [0.717, 1.165) is 23.9 Å². The van der Waals surface area contributed by atoms with Crippen molar-refractivity contribution >= 4 is 10.9 Å². The minimum atomic E-state index is 0.381. The topological polar surface area (TPSA) is 48.0 Å². The normalized spacial score (nSPS) is 17.1. The Morgan fingerprint density at radius 1 is 1.21 bits per heavy atom. The second kappa shape index (κ2) is 5.66. The van der Waals surface area contributed by atoms with Crippen LogP contribution in [0.25, 0.3) is 10.9 Å². The van der Waals surface area contributed by atoms with Gasteiger partial charge in [-0.3, -0.25) is 0 Å². The summed E-state index contributed by atoms with van der Waals surface area (Å²) in [5, 5.41) is 14.6. The SMILES string of the molecule is Oc1cccc2[nH]cc(CCNC3CCCCC3)c12. The number of phenols is 1. The van der Waals surface area contributed by atoms with E-state index in [1.807, 2.05) is 18.3 Å². The second-order valence-electron chi connectivity index (χ2n) is 5.55. The molecular formula is C16H22N2O. The predicted molar refractivity (Wildman–Crippen MR) is 78.5 cm³/mol. The first kappa shape index (κ1) is 12.5. The van der Waals surface area contributed by atoms with Crippen molar-refractivity contribution in [1.29, 1.82) is 0 Å². The molecule has 0 spiro atoms. The maximum atomic E-state index is 9.95. The number of benzene rings is 1. The minimum absolute atomic E-state index is 0.381. The lowest BCUT2D eigenvalue weighted by molar-refractivity contribution is 0.375. The molecule has 1 aromatic heterocycles. The highest BCUT2D eigenvalue weighted by Gasteiger charge is 2.13. The lowest BCUT2D eigenvalue weighted by Crippen LogP contribution is -2.32.